The van der Waals surface area contributed by atoms with Gasteiger partial charge in [-0.15, -0.1) is 0 Å². The predicted octanol–water partition coefficient (Wildman–Crippen LogP) is 2.18. The molecule has 31 heavy (non-hydrogen) atoms. The van der Waals surface area contributed by atoms with E-state index in [9.17, 15) is 4.79 Å². The molecule has 0 saturated carbocycles. The van der Waals surface area contributed by atoms with Crippen LogP contribution in [0.2, 0.25) is 0 Å². The second-order valence-corrected chi connectivity index (χ2v) is 7.78. The van der Waals surface area contributed by atoms with Crippen LogP contribution in [0.25, 0.3) is 11.4 Å². The van der Waals surface area contributed by atoms with Gasteiger partial charge in [0.2, 0.25) is 5.91 Å². The van der Waals surface area contributed by atoms with Gasteiger partial charge in [-0.2, -0.15) is 5.10 Å². The van der Waals surface area contributed by atoms with Crippen LogP contribution >= 0.6 is 0 Å². The van der Waals surface area contributed by atoms with Crippen molar-refractivity contribution in [1.82, 2.24) is 19.7 Å². The molecule has 162 valence electrons. The first-order valence-corrected chi connectivity index (χ1v) is 10.5. The maximum Gasteiger partial charge on any atom is 0.230 e. The van der Waals surface area contributed by atoms with Gasteiger partial charge >= 0.3 is 0 Å². The van der Waals surface area contributed by atoms with Gasteiger partial charge < -0.3 is 21.1 Å². The number of amides is 1. The van der Waals surface area contributed by atoms with Gasteiger partial charge in [0.25, 0.3) is 0 Å². The van der Waals surface area contributed by atoms with Gasteiger partial charge in [-0.1, -0.05) is 30.3 Å². The summed E-state index contributed by atoms with van der Waals surface area (Å²) in [5, 5.41) is 4.52. The lowest BCUT2D eigenvalue weighted by Gasteiger charge is -2.19. The number of anilines is 1. The molecule has 1 aliphatic rings. The van der Waals surface area contributed by atoms with E-state index in [0.717, 1.165) is 12.8 Å². The average Bonchev–Trinajstić information content (AvgIpc) is 3.05. The Balaban J connectivity index is 1.56. The summed E-state index contributed by atoms with van der Waals surface area (Å²) in [6, 6.07) is 13.8. The van der Waals surface area contributed by atoms with Gasteiger partial charge in [0.15, 0.2) is 11.6 Å². The summed E-state index contributed by atoms with van der Waals surface area (Å²) >= 11 is 0. The van der Waals surface area contributed by atoms with Crippen molar-refractivity contribution in [2.75, 3.05) is 25.9 Å². The first kappa shape index (κ1) is 20.9. The van der Waals surface area contributed by atoms with Crippen LogP contribution < -0.4 is 16.2 Å². The van der Waals surface area contributed by atoms with Crippen molar-refractivity contribution >= 4 is 11.6 Å². The third-order valence-corrected chi connectivity index (χ3v) is 5.67. The molecule has 1 unspecified atom stereocenters. The molecule has 0 spiro atoms. The number of para-hydroxylation sites is 1. The Kier molecular flexibility index (Phi) is 5.90. The van der Waals surface area contributed by atoms with Gasteiger partial charge in [0, 0.05) is 18.7 Å². The first-order chi connectivity index (χ1) is 15.0. The van der Waals surface area contributed by atoms with Crippen molar-refractivity contribution in [2.24, 2.45) is 5.73 Å². The van der Waals surface area contributed by atoms with E-state index >= 15 is 0 Å². The number of aromatic nitrogens is 3. The van der Waals surface area contributed by atoms with E-state index in [2.05, 4.69) is 22.2 Å². The Bertz CT molecular complexity index is 1060. The highest BCUT2D eigenvalue weighted by atomic mass is 16.5. The summed E-state index contributed by atoms with van der Waals surface area (Å²) in [7, 11) is 1.56. The van der Waals surface area contributed by atoms with Crippen molar-refractivity contribution < 1.29 is 9.53 Å². The zero-order valence-electron chi connectivity index (χ0n) is 17.9. The number of nitrogens with zero attached hydrogens (tertiary/aromatic N) is 4. The molecule has 4 rings (SSSR count). The molecule has 2 heterocycles. The zero-order valence-corrected chi connectivity index (χ0v) is 17.9. The molecule has 8 heteroatoms. The second kappa shape index (κ2) is 8.77. The standard InChI is InChI=1S/C23H28N6O2/c1-15(24)29-23(18-8-5-9-19(31-2)22(18)25)26-20(27-29)14-21(30)28-12-10-16-6-3-4-7-17(16)11-13-28/h3-9,15H,10-14,24-25H2,1-2H3. The Morgan fingerprint density at radius 1 is 1.13 bits per heavy atom. The van der Waals surface area contributed by atoms with E-state index in [1.54, 1.807) is 17.9 Å². The lowest BCUT2D eigenvalue weighted by atomic mass is 10.0. The molecule has 0 aliphatic carbocycles. The highest BCUT2D eigenvalue weighted by Gasteiger charge is 2.23. The number of hydrogen-bond acceptors (Lipinski definition) is 6. The number of ether oxygens (including phenoxy) is 1. The smallest absolute Gasteiger partial charge is 0.230 e. The molecule has 0 radical (unpaired) electrons. The number of benzene rings is 2. The van der Waals surface area contributed by atoms with E-state index in [1.165, 1.54) is 11.1 Å². The van der Waals surface area contributed by atoms with Crippen molar-refractivity contribution in [3.05, 3.63) is 59.4 Å². The van der Waals surface area contributed by atoms with Crippen molar-refractivity contribution in [2.45, 2.75) is 32.4 Å². The number of nitrogen functional groups attached to an aromatic ring is 1. The molecule has 3 aromatic rings. The number of carbonyl (C=O) groups excluding carboxylic acids is 1. The summed E-state index contributed by atoms with van der Waals surface area (Å²) < 4.78 is 6.93. The minimum atomic E-state index is -0.426. The highest BCUT2D eigenvalue weighted by Crippen LogP contribution is 2.32. The van der Waals surface area contributed by atoms with E-state index in [1.807, 2.05) is 36.1 Å². The number of nitrogens with two attached hydrogens (primary N) is 2. The maximum atomic E-state index is 13.0. The molecule has 1 amide bonds. The molecule has 0 saturated heterocycles. The van der Waals surface area contributed by atoms with E-state index < -0.39 is 6.17 Å². The Hall–Kier alpha value is -3.39. The predicted molar refractivity (Wildman–Crippen MR) is 119 cm³/mol. The van der Waals surface area contributed by atoms with Crippen LogP contribution in [0.5, 0.6) is 5.75 Å². The van der Waals surface area contributed by atoms with Crippen molar-refractivity contribution in [3.8, 4) is 17.1 Å². The molecule has 2 aromatic carbocycles. The fourth-order valence-electron chi connectivity index (χ4n) is 3.99. The Labute approximate surface area is 181 Å². The summed E-state index contributed by atoms with van der Waals surface area (Å²) in [5.74, 6) is 1.53. The van der Waals surface area contributed by atoms with E-state index in [0.29, 0.717) is 41.7 Å². The van der Waals surface area contributed by atoms with Crippen LogP contribution in [-0.4, -0.2) is 45.8 Å². The highest BCUT2D eigenvalue weighted by molar-refractivity contribution is 5.79. The van der Waals surface area contributed by atoms with Crippen LogP contribution in [0.3, 0.4) is 0 Å². The first-order valence-electron chi connectivity index (χ1n) is 10.5. The van der Waals surface area contributed by atoms with Gasteiger partial charge in [0.1, 0.15) is 5.75 Å². The Morgan fingerprint density at radius 3 is 2.42 bits per heavy atom. The lowest BCUT2D eigenvalue weighted by molar-refractivity contribution is -0.130. The fourth-order valence-corrected chi connectivity index (χ4v) is 3.99. The summed E-state index contributed by atoms with van der Waals surface area (Å²) in [6.07, 6.45) is 1.40. The van der Waals surface area contributed by atoms with Gasteiger partial charge in [-0.3, -0.25) is 4.79 Å². The average molecular weight is 421 g/mol. The fraction of sp³-hybridized carbons (Fsp3) is 0.348. The molecular weight excluding hydrogens is 392 g/mol. The van der Waals surface area contributed by atoms with Gasteiger partial charge in [0.05, 0.1) is 25.4 Å². The number of rotatable bonds is 5. The quantitative estimate of drug-likeness (QED) is 0.612. The Morgan fingerprint density at radius 2 is 1.81 bits per heavy atom. The third-order valence-electron chi connectivity index (χ3n) is 5.67. The molecule has 1 aliphatic heterocycles. The molecule has 0 bridgehead atoms. The molecule has 8 nitrogen and oxygen atoms in total. The van der Waals surface area contributed by atoms with Crippen LogP contribution in [0.4, 0.5) is 5.69 Å². The molecule has 0 fully saturated rings. The minimum Gasteiger partial charge on any atom is -0.495 e. The number of hydrogen-bond donors (Lipinski definition) is 2. The lowest BCUT2D eigenvalue weighted by Crippen LogP contribution is -2.34. The zero-order chi connectivity index (χ0) is 22.0. The number of methoxy groups -OCH3 is 1. The summed E-state index contributed by atoms with van der Waals surface area (Å²) in [5.41, 5.74) is 16.1. The summed E-state index contributed by atoms with van der Waals surface area (Å²) in [6.45, 7) is 3.20. The van der Waals surface area contributed by atoms with E-state index in [-0.39, 0.29) is 12.3 Å². The molecule has 1 aromatic heterocycles. The van der Waals surface area contributed by atoms with Crippen molar-refractivity contribution in [3.63, 3.8) is 0 Å². The van der Waals surface area contributed by atoms with Crippen LogP contribution in [0, 0.1) is 0 Å². The van der Waals surface area contributed by atoms with Crippen molar-refractivity contribution in [1.29, 1.82) is 0 Å². The number of carbonyl (C=O) groups is 1. The summed E-state index contributed by atoms with van der Waals surface area (Å²) in [4.78, 5) is 19.5. The third kappa shape index (κ3) is 4.25. The minimum absolute atomic E-state index is 0.0137. The monoisotopic (exact) mass is 420 g/mol. The van der Waals surface area contributed by atoms with Crippen LogP contribution in [0.1, 0.15) is 30.0 Å². The largest absolute Gasteiger partial charge is 0.495 e. The normalized spacial score (nSPS) is 14.6. The second-order valence-electron chi connectivity index (χ2n) is 7.78. The number of fused-ring (bicyclic) bond motifs is 1. The maximum absolute atomic E-state index is 13.0. The van der Waals surface area contributed by atoms with E-state index in [4.69, 9.17) is 16.2 Å². The van der Waals surface area contributed by atoms with Crippen LogP contribution in [-0.2, 0) is 24.1 Å². The molecular formula is C23H28N6O2. The molecule has 1 atom stereocenters. The molecule has 4 N–H and O–H groups in total. The van der Waals surface area contributed by atoms with Gasteiger partial charge in [-0.05, 0) is 43.0 Å². The topological polar surface area (TPSA) is 112 Å². The SMILES string of the molecule is COc1cccc(-c2nc(CC(=O)N3CCc4ccccc4CC3)nn2C(C)N)c1N. The van der Waals surface area contributed by atoms with Gasteiger partial charge in [-0.25, -0.2) is 9.67 Å². The van der Waals surface area contributed by atoms with Crippen LogP contribution in [0.15, 0.2) is 42.5 Å².